The zero-order valence-electron chi connectivity index (χ0n) is 6.20. The average Bonchev–Trinajstić information content (AvgIpc) is 2.80. The first-order valence-electron chi connectivity index (χ1n) is 3.02. The maximum Gasteiger partial charge on any atom is 0.338 e. The monoisotopic (exact) mass is 176 g/mol. The summed E-state index contributed by atoms with van der Waals surface area (Å²) >= 11 is 1.06. The summed E-state index contributed by atoms with van der Waals surface area (Å²) in [6.07, 6.45) is 0.427. The lowest BCUT2D eigenvalue weighted by atomic mass is 10.3. The molecule has 1 rings (SSSR count). The van der Waals surface area contributed by atoms with Gasteiger partial charge in [0.05, 0.1) is 7.11 Å². The van der Waals surface area contributed by atoms with Crippen molar-refractivity contribution in [2.45, 2.75) is 12.2 Å². The van der Waals surface area contributed by atoms with E-state index in [1.165, 1.54) is 7.11 Å². The number of hydrogen-bond donors (Lipinski definition) is 0. The highest BCUT2D eigenvalue weighted by molar-refractivity contribution is 8.13. The number of thioether (sulfide) groups is 1. The van der Waals surface area contributed by atoms with Crippen LogP contribution in [0, 0.1) is 0 Å². The molecule has 0 N–H and O–H groups in total. The fourth-order valence-electron chi connectivity index (χ4n) is 0.703. The van der Waals surface area contributed by atoms with Crippen LogP contribution in [0.2, 0.25) is 0 Å². The normalized spacial score (nSPS) is 27.8. The standard InChI is InChI=1S/C6H8O4S/c1-9-5(7)3-4(10-3)6(8)11-2/h3-4H,1-2H3. The Kier molecular flexibility index (Phi) is 2.51. The summed E-state index contributed by atoms with van der Waals surface area (Å²) < 4.78 is 9.15. The molecule has 0 saturated carbocycles. The topological polar surface area (TPSA) is 55.9 Å². The van der Waals surface area contributed by atoms with E-state index >= 15 is 0 Å². The summed E-state index contributed by atoms with van der Waals surface area (Å²) in [6, 6.07) is 0. The Morgan fingerprint density at radius 2 is 2.09 bits per heavy atom. The average molecular weight is 176 g/mol. The predicted octanol–water partition coefficient (Wildman–Crippen LogP) is -0.184. The van der Waals surface area contributed by atoms with Crippen LogP contribution in [0.3, 0.4) is 0 Å². The molecule has 0 radical (unpaired) electrons. The van der Waals surface area contributed by atoms with E-state index in [0.717, 1.165) is 11.8 Å². The Morgan fingerprint density at radius 1 is 1.45 bits per heavy atom. The van der Waals surface area contributed by atoms with Crippen LogP contribution in [0.15, 0.2) is 0 Å². The van der Waals surface area contributed by atoms with Gasteiger partial charge in [-0.05, 0) is 6.26 Å². The summed E-state index contributed by atoms with van der Waals surface area (Å²) in [4.78, 5) is 21.5. The third-order valence-electron chi connectivity index (χ3n) is 1.36. The molecule has 2 unspecified atom stereocenters. The number of rotatable bonds is 2. The minimum absolute atomic E-state index is 0.125. The number of epoxide rings is 1. The van der Waals surface area contributed by atoms with Gasteiger partial charge in [-0.1, -0.05) is 11.8 Å². The zero-order chi connectivity index (χ0) is 8.43. The molecule has 2 atom stereocenters. The SMILES string of the molecule is COC(=O)C1OC1C(=O)SC. The van der Waals surface area contributed by atoms with Crippen molar-refractivity contribution in [1.29, 1.82) is 0 Å². The van der Waals surface area contributed by atoms with Crippen molar-refractivity contribution >= 4 is 22.8 Å². The summed E-state index contributed by atoms with van der Waals surface area (Å²) in [5, 5.41) is -0.125. The summed E-state index contributed by atoms with van der Waals surface area (Å²) in [5.41, 5.74) is 0. The van der Waals surface area contributed by atoms with Gasteiger partial charge in [0.2, 0.25) is 5.12 Å². The summed E-state index contributed by atoms with van der Waals surface area (Å²) in [5.74, 6) is -0.475. The molecular weight excluding hydrogens is 168 g/mol. The van der Waals surface area contributed by atoms with Crippen LogP contribution in [-0.2, 0) is 19.1 Å². The highest BCUT2D eigenvalue weighted by Crippen LogP contribution is 2.27. The quantitative estimate of drug-likeness (QED) is 0.431. The van der Waals surface area contributed by atoms with Crippen molar-refractivity contribution in [3.05, 3.63) is 0 Å². The van der Waals surface area contributed by atoms with Gasteiger partial charge in [-0.3, -0.25) is 4.79 Å². The van der Waals surface area contributed by atoms with Gasteiger partial charge in [0, 0.05) is 0 Å². The lowest BCUT2D eigenvalue weighted by molar-refractivity contribution is -0.142. The second-order valence-corrected chi connectivity index (χ2v) is 2.83. The number of carbonyl (C=O) groups excluding carboxylic acids is 2. The highest BCUT2D eigenvalue weighted by Gasteiger charge is 2.50. The lowest BCUT2D eigenvalue weighted by Gasteiger charge is -1.90. The molecule has 1 heterocycles. The summed E-state index contributed by atoms with van der Waals surface area (Å²) in [6.45, 7) is 0. The first-order chi connectivity index (χ1) is 5.20. The van der Waals surface area contributed by atoms with Crippen LogP contribution < -0.4 is 0 Å². The van der Waals surface area contributed by atoms with E-state index in [1.807, 2.05) is 0 Å². The second kappa shape index (κ2) is 3.23. The zero-order valence-corrected chi connectivity index (χ0v) is 7.01. The second-order valence-electron chi connectivity index (χ2n) is 2.02. The van der Waals surface area contributed by atoms with Crippen molar-refractivity contribution in [3.63, 3.8) is 0 Å². The maximum absolute atomic E-state index is 10.8. The van der Waals surface area contributed by atoms with Crippen LogP contribution in [0.4, 0.5) is 0 Å². The molecular formula is C6H8O4S. The van der Waals surface area contributed by atoms with Crippen molar-refractivity contribution in [1.82, 2.24) is 0 Å². The lowest BCUT2D eigenvalue weighted by Crippen LogP contribution is -2.15. The van der Waals surface area contributed by atoms with Gasteiger partial charge in [0.15, 0.2) is 12.2 Å². The molecule has 0 aromatic rings. The van der Waals surface area contributed by atoms with Gasteiger partial charge < -0.3 is 9.47 Å². The maximum atomic E-state index is 10.8. The van der Waals surface area contributed by atoms with Crippen molar-refractivity contribution in [3.8, 4) is 0 Å². The number of ether oxygens (including phenoxy) is 2. The Labute approximate surface area is 68.2 Å². The van der Waals surface area contributed by atoms with Gasteiger partial charge in [0.25, 0.3) is 0 Å². The molecule has 0 spiro atoms. The molecule has 1 aliphatic heterocycles. The molecule has 0 aromatic heterocycles. The molecule has 0 amide bonds. The van der Waals surface area contributed by atoms with Crippen LogP contribution in [-0.4, -0.2) is 36.7 Å². The van der Waals surface area contributed by atoms with Gasteiger partial charge >= 0.3 is 5.97 Å². The van der Waals surface area contributed by atoms with Gasteiger partial charge in [-0.15, -0.1) is 0 Å². The Balaban J connectivity index is 2.37. The van der Waals surface area contributed by atoms with Crippen LogP contribution in [0.1, 0.15) is 0 Å². The molecule has 4 nitrogen and oxygen atoms in total. The largest absolute Gasteiger partial charge is 0.467 e. The summed E-state index contributed by atoms with van der Waals surface area (Å²) in [7, 11) is 1.27. The van der Waals surface area contributed by atoms with E-state index in [1.54, 1.807) is 6.26 Å². The minimum Gasteiger partial charge on any atom is -0.467 e. The first-order valence-corrected chi connectivity index (χ1v) is 4.24. The molecule has 0 aromatic carbocycles. The van der Waals surface area contributed by atoms with E-state index in [-0.39, 0.29) is 5.12 Å². The van der Waals surface area contributed by atoms with Crippen LogP contribution in [0.25, 0.3) is 0 Å². The van der Waals surface area contributed by atoms with Crippen molar-refractivity contribution < 1.29 is 19.1 Å². The van der Waals surface area contributed by atoms with Gasteiger partial charge in [0.1, 0.15) is 0 Å². The molecule has 11 heavy (non-hydrogen) atoms. The van der Waals surface area contributed by atoms with E-state index in [4.69, 9.17) is 4.74 Å². The Morgan fingerprint density at radius 3 is 2.55 bits per heavy atom. The van der Waals surface area contributed by atoms with E-state index in [9.17, 15) is 9.59 Å². The molecule has 62 valence electrons. The molecule has 0 bridgehead atoms. The van der Waals surface area contributed by atoms with Crippen LogP contribution in [0.5, 0.6) is 0 Å². The predicted molar refractivity (Wildman–Crippen MR) is 39.2 cm³/mol. The molecule has 0 aliphatic carbocycles. The van der Waals surface area contributed by atoms with Gasteiger partial charge in [-0.2, -0.15) is 0 Å². The third-order valence-corrected chi connectivity index (χ3v) is 1.99. The molecule has 1 saturated heterocycles. The van der Waals surface area contributed by atoms with Gasteiger partial charge in [-0.25, -0.2) is 4.79 Å². The van der Waals surface area contributed by atoms with E-state index in [0.29, 0.717) is 0 Å². The van der Waals surface area contributed by atoms with E-state index in [2.05, 4.69) is 4.74 Å². The fraction of sp³-hybridized carbons (Fsp3) is 0.667. The number of carbonyl (C=O) groups is 2. The van der Waals surface area contributed by atoms with E-state index < -0.39 is 18.2 Å². The van der Waals surface area contributed by atoms with Crippen LogP contribution >= 0.6 is 11.8 Å². The highest BCUT2D eigenvalue weighted by atomic mass is 32.2. The minimum atomic E-state index is -0.653. The Bertz CT molecular complexity index is 171. The number of hydrogen-bond acceptors (Lipinski definition) is 5. The smallest absolute Gasteiger partial charge is 0.338 e. The van der Waals surface area contributed by atoms with Crippen molar-refractivity contribution in [2.75, 3.05) is 13.4 Å². The number of esters is 1. The molecule has 1 fully saturated rings. The third kappa shape index (κ3) is 1.72. The number of methoxy groups -OCH3 is 1. The van der Waals surface area contributed by atoms with Crippen molar-refractivity contribution in [2.24, 2.45) is 0 Å². The molecule has 1 aliphatic rings. The first kappa shape index (κ1) is 8.55. The fourth-order valence-corrected chi connectivity index (χ4v) is 1.11. The molecule has 5 heteroatoms. The Hall–Kier alpha value is -0.550.